The van der Waals surface area contributed by atoms with Gasteiger partial charge < -0.3 is 20.1 Å². The highest BCUT2D eigenvalue weighted by atomic mass is 16.5. The van der Waals surface area contributed by atoms with Crippen LogP contribution in [0.3, 0.4) is 0 Å². The summed E-state index contributed by atoms with van der Waals surface area (Å²) in [6.07, 6.45) is 1.12. The van der Waals surface area contributed by atoms with Crippen molar-refractivity contribution in [1.29, 1.82) is 0 Å². The number of alkyl carbamates (subject to hydrolysis) is 1. The van der Waals surface area contributed by atoms with Crippen molar-refractivity contribution in [2.45, 2.75) is 57.5 Å². The first kappa shape index (κ1) is 24.3. The molecule has 1 aliphatic rings. The molecule has 7 nitrogen and oxygen atoms in total. The van der Waals surface area contributed by atoms with Crippen molar-refractivity contribution in [3.8, 4) is 11.1 Å². The van der Waals surface area contributed by atoms with E-state index in [0.29, 0.717) is 12.8 Å². The smallest absolute Gasteiger partial charge is 0.407 e. The highest BCUT2D eigenvalue weighted by Crippen LogP contribution is 2.44. The van der Waals surface area contributed by atoms with Crippen molar-refractivity contribution >= 4 is 18.0 Å². The Kier molecular flexibility index (Phi) is 8.09. The van der Waals surface area contributed by atoms with E-state index in [0.717, 1.165) is 28.7 Å². The van der Waals surface area contributed by atoms with Gasteiger partial charge in [-0.25, -0.2) is 9.59 Å². The summed E-state index contributed by atoms with van der Waals surface area (Å²) in [6, 6.07) is 14.9. The summed E-state index contributed by atoms with van der Waals surface area (Å²) in [5, 5.41) is 12.1. The van der Waals surface area contributed by atoms with Crippen LogP contribution >= 0.6 is 0 Å². The second kappa shape index (κ2) is 11.0. The van der Waals surface area contributed by atoms with Gasteiger partial charge in [0.1, 0.15) is 12.6 Å². The molecular weight excluding hydrogens is 420 g/mol. The van der Waals surface area contributed by atoms with Crippen LogP contribution in [0.15, 0.2) is 48.5 Å². The second-order valence-corrected chi connectivity index (χ2v) is 8.43. The number of benzene rings is 2. The van der Waals surface area contributed by atoms with Gasteiger partial charge in [-0.15, -0.1) is 0 Å². The van der Waals surface area contributed by atoms with Gasteiger partial charge >= 0.3 is 12.1 Å². The number of nitrogens with zero attached hydrogens (tertiary/aromatic N) is 1. The van der Waals surface area contributed by atoms with Crippen LogP contribution < -0.4 is 5.32 Å². The van der Waals surface area contributed by atoms with Gasteiger partial charge in [0.15, 0.2) is 0 Å². The first-order valence-electron chi connectivity index (χ1n) is 11.5. The van der Waals surface area contributed by atoms with Crippen LogP contribution in [0.25, 0.3) is 11.1 Å². The molecule has 0 spiro atoms. The van der Waals surface area contributed by atoms with E-state index >= 15 is 0 Å². The molecule has 2 N–H and O–H groups in total. The molecule has 0 heterocycles. The molecule has 0 saturated heterocycles. The number of hydrogen-bond donors (Lipinski definition) is 2. The Labute approximate surface area is 194 Å². The average molecular weight is 453 g/mol. The number of amides is 2. The summed E-state index contributed by atoms with van der Waals surface area (Å²) >= 11 is 0. The average Bonchev–Trinajstić information content (AvgIpc) is 3.11. The monoisotopic (exact) mass is 452 g/mol. The van der Waals surface area contributed by atoms with E-state index in [1.165, 1.54) is 11.9 Å². The number of likely N-dealkylation sites (N-methyl/N-ethyl adjacent to an activating group) is 1. The van der Waals surface area contributed by atoms with Crippen LogP contribution in [-0.4, -0.2) is 53.7 Å². The molecule has 176 valence electrons. The lowest BCUT2D eigenvalue weighted by molar-refractivity contribution is -0.149. The minimum atomic E-state index is -1.04. The Bertz CT molecular complexity index is 960. The van der Waals surface area contributed by atoms with Crippen LogP contribution in [0.1, 0.15) is 56.6 Å². The van der Waals surface area contributed by atoms with Crippen molar-refractivity contribution in [1.82, 2.24) is 10.2 Å². The van der Waals surface area contributed by atoms with Gasteiger partial charge in [-0.3, -0.25) is 4.79 Å². The molecule has 2 aromatic carbocycles. The number of fused-ring (bicyclic) bond motifs is 3. The largest absolute Gasteiger partial charge is 0.480 e. The Hall–Kier alpha value is -3.35. The van der Waals surface area contributed by atoms with Crippen LogP contribution in [-0.2, 0) is 14.3 Å². The van der Waals surface area contributed by atoms with Gasteiger partial charge in [0.05, 0.1) is 0 Å². The fourth-order valence-electron chi connectivity index (χ4n) is 4.52. The van der Waals surface area contributed by atoms with Crippen LogP contribution in [0.4, 0.5) is 4.79 Å². The molecule has 0 aromatic heterocycles. The van der Waals surface area contributed by atoms with Gasteiger partial charge in [0, 0.05) is 25.4 Å². The molecule has 1 unspecified atom stereocenters. The molecule has 0 aliphatic heterocycles. The fraction of sp³-hybridized carbons (Fsp3) is 0.423. The third kappa shape index (κ3) is 5.53. The third-order valence-electron chi connectivity index (χ3n) is 6.26. The topological polar surface area (TPSA) is 95.9 Å². The Balaban J connectivity index is 1.62. The molecular formula is C26H32N2O5. The Morgan fingerprint density at radius 2 is 1.61 bits per heavy atom. The molecule has 0 radical (unpaired) electrons. The summed E-state index contributed by atoms with van der Waals surface area (Å²) in [6.45, 7) is 3.89. The van der Waals surface area contributed by atoms with Gasteiger partial charge in [-0.1, -0.05) is 68.8 Å². The molecule has 1 aliphatic carbocycles. The van der Waals surface area contributed by atoms with Crippen LogP contribution in [0, 0.1) is 0 Å². The zero-order valence-electron chi connectivity index (χ0n) is 19.4. The highest BCUT2D eigenvalue weighted by molar-refractivity contribution is 5.84. The zero-order chi connectivity index (χ0) is 24.0. The summed E-state index contributed by atoms with van der Waals surface area (Å²) in [4.78, 5) is 37.8. The van der Waals surface area contributed by atoms with Gasteiger partial charge in [0.2, 0.25) is 5.91 Å². The lowest BCUT2D eigenvalue weighted by Crippen LogP contribution is -2.45. The maximum absolute atomic E-state index is 12.6. The second-order valence-electron chi connectivity index (χ2n) is 8.43. The Morgan fingerprint density at radius 1 is 1.03 bits per heavy atom. The molecule has 3 rings (SSSR count). The molecule has 0 bridgehead atoms. The third-order valence-corrected chi connectivity index (χ3v) is 6.26. The lowest BCUT2D eigenvalue weighted by Gasteiger charge is -2.26. The molecule has 33 heavy (non-hydrogen) atoms. The molecule has 7 heteroatoms. The van der Waals surface area contributed by atoms with Crippen LogP contribution in [0.2, 0.25) is 0 Å². The van der Waals surface area contributed by atoms with Crippen molar-refractivity contribution in [2.75, 3.05) is 13.7 Å². The maximum atomic E-state index is 12.6. The van der Waals surface area contributed by atoms with Gasteiger partial charge in [-0.05, 0) is 35.1 Å². The van der Waals surface area contributed by atoms with Crippen LogP contribution in [0.5, 0.6) is 0 Å². The van der Waals surface area contributed by atoms with E-state index in [2.05, 4.69) is 29.6 Å². The standard InChI is InChI=1S/C26H32N2O5/c1-4-10-17(15-24(29)28(3)23(5-2)25(30)31)27-26(32)33-16-22-20-13-8-6-11-18(20)19-12-7-9-14-21(19)22/h6-9,11-14,17,22-23H,4-5,10,15-16H2,1-3H3,(H,27,32)(H,30,31)/t17-,23?/m1/s1. The zero-order valence-corrected chi connectivity index (χ0v) is 19.4. The molecule has 2 aromatic rings. The SMILES string of the molecule is CCC[C@H](CC(=O)N(C)C(CC)C(=O)O)NC(=O)OCC1c2ccccc2-c2ccccc21. The molecule has 0 fully saturated rings. The van der Waals surface area contributed by atoms with E-state index in [-0.39, 0.29) is 24.9 Å². The summed E-state index contributed by atoms with van der Waals surface area (Å²) in [5.41, 5.74) is 4.58. The van der Waals surface area contributed by atoms with Crippen molar-refractivity contribution in [2.24, 2.45) is 0 Å². The number of aliphatic carboxylic acids is 1. The summed E-state index contributed by atoms with van der Waals surface area (Å²) in [5.74, 6) is -1.40. The van der Waals surface area contributed by atoms with Gasteiger partial charge in [0.25, 0.3) is 0 Å². The predicted octanol–water partition coefficient (Wildman–Crippen LogP) is 4.41. The normalized spacial score (nSPS) is 14.0. The number of rotatable bonds is 10. The molecule has 0 saturated carbocycles. The number of carboxylic acid groups (broad SMARTS) is 1. The van der Waals surface area contributed by atoms with E-state index in [4.69, 9.17) is 4.74 Å². The number of hydrogen-bond acceptors (Lipinski definition) is 4. The number of carbonyl (C=O) groups is 3. The number of carbonyl (C=O) groups excluding carboxylic acids is 2. The van der Waals surface area contributed by atoms with Crippen molar-refractivity contribution < 1.29 is 24.2 Å². The lowest BCUT2D eigenvalue weighted by atomic mass is 9.98. The summed E-state index contributed by atoms with van der Waals surface area (Å²) in [7, 11) is 1.49. The molecule has 2 amide bonds. The highest BCUT2D eigenvalue weighted by Gasteiger charge is 2.30. The van der Waals surface area contributed by atoms with E-state index in [9.17, 15) is 19.5 Å². The van der Waals surface area contributed by atoms with E-state index in [1.807, 2.05) is 31.2 Å². The van der Waals surface area contributed by atoms with Gasteiger partial charge in [-0.2, -0.15) is 0 Å². The van der Waals surface area contributed by atoms with Crippen molar-refractivity contribution in [3.63, 3.8) is 0 Å². The first-order valence-corrected chi connectivity index (χ1v) is 11.5. The number of ether oxygens (including phenoxy) is 1. The van der Waals surface area contributed by atoms with Crippen molar-refractivity contribution in [3.05, 3.63) is 59.7 Å². The fourth-order valence-corrected chi connectivity index (χ4v) is 4.52. The maximum Gasteiger partial charge on any atom is 0.407 e. The Morgan fingerprint density at radius 3 is 2.12 bits per heavy atom. The first-order chi connectivity index (χ1) is 15.9. The minimum absolute atomic E-state index is 0.0261. The predicted molar refractivity (Wildman–Crippen MR) is 126 cm³/mol. The quantitative estimate of drug-likeness (QED) is 0.557. The van der Waals surface area contributed by atoms with E-state index < -0.39 is 24.1 Å². The summed E-state index contributed by atoms with van der Waals surface area (Å²) < 4.78 is 5.60. The molecule has 2 atom stereocenters. The number of nitrogens with one attached hydrogen (secondary N) is 1. The number of carboxylic acids is 1. The minimum Gasteiger partial charge on any atom is -0.480 e. The van der Waals surface area contributed by atoms with E-state index in [1.54, 1.807) is 6.92 Å².